The topological polar surface area (TPSA) is 117 Å². The summed E-state index contributed by atoms with van der Waals surface area (Å²) in [7, 11) is 0. The molecule has 0 radical (unpaired) electrons. The van der Waals surface area contributed by atoms with E-state index in [1.807, 2.05) is 85.1 Å². The zero-order valence-electron chi connectivity index (χ0n) is 17.7. The smallest absolute Gasteiger partial charge is 0.0938 e. The maximum absolute atomic E-state index is 6.64. The lowest BCUT2D eigenvalue weighted by molar-refractivity contribution is 1.35. The number of nitrogen functional groups attached to an aromatic ring is 3. The molecule has 0 aliphatic heterocycles. The lowest BCUT2D eigenvalue weighted by Crippen LogP contribution is -1.97. The van der Waals surface area contributed by atoms with Gasteiger partial charge in [0, 0.05) is 39.2 Å². The Hall–Kier alpha value is -4.71. The van der Waals surface area contributed by atoms with Crippen LogP contribution in [0.15, 0.2) is 85.1 Å². The van der Waals surface area contributed by atoms with Gasteiger partial charge < -0.3 is 17.2 Å². The van der Waals surface area contributed by atoms with E-state index in [-0.39, 0.29) is 0 Å². The molecule has 0 saturated carbocycles. The third-order valence-corrected chi connectivity index (χ3v) is 5.94. The second kappa shape index (κ2) is 7.17. The maximum Gasteiger partial charge on any atom is 0.0938 e. The first kappa shape index (κ1) is 19.0. The van der Waals surface area contributed by atoms with Gasteiger partial charge in [-0.3, -0.25) is 4.98 Å². The molecule has 33 heavy (non-hydrogen) atoms. The zero-order chi connectivity index (χ0) is 22.5. The van der Waals surface area contributed by atoms with Crippen LogP contribution < -0.4 is 17.2 Å². The van der Waals surface area contributed by atoms with Gasteiger partial charge in [-0.05, 0) is 54.6 Å². The molecule has 0 atom stereocenters. The van der Waals surface area contributed by atoms with Crippen LogP contribution in [-0.2, 0) is 0 Å². The van der Waals surface area contributed by atoms with Crippen molar-refractivity contribution in [3.63, 3.8) is 0 Å². The molecule has 158 valence electrons. The van der Waals surface area contributed by atoms with Crippen molar-refractivity contribution in [1.29, 1.82) is 0 Å². The molecular weight excluding hydrogens is 408 g/mol. The highest BCUT2D eigenvalue weighted by molar-refractivity contribution is 6.01. The summed E-state index contributed by atoms with van der Waals surface area (Å²) in [6, 6.07) is 25.4. The number of nitrogens with zero attached hydrogens (tertiary/aromatic N) is 3. The van der Waals surface area contributed by atoms with E-state index in [1.54, 1.807) is 0 Å². The predicted octanol–water partition coefficient (Wildman–Crippen LogP) is 5.41. The van der Waals surface area contributed by atoms with Crippen LogP contribution in [0.4, 0.5) is 17.1 Å². The number of aromatic nitrogens is 3. The van der Waals surface area contributed by atoms with Crippen LogP contribution in [0.1, 0.15) is 0 Å². The summed E-state index contributed by atoms with van der Waals surface area (Å²) in [5, 5.41) is 2.84. The first-order valence-electron chi connectivity index (χ1n) is 10.6. The lowest BCUT2D eigenvalue weighted by Gasteiger charge is -2.11. The van der Waals surface area contributed by atoms with Gasteiger partial charge in [0.15, 0.2) is 0 Å². The molecule has 0 bridgehead atoms. The molecule has 0 spiro atoms. The summed E-state index contributed by atoms with van der Waals surface area (Å²) in [4.78, 5) is 14.2. The van der Waals surface area contributed by atoms with Gasteiger partial charge in [-0.2, -0.15) is 0 Å². The number of anilines is 3. The summed E-state index contributed by atoms with van der Waals surface area (Å²) in [6.45, 7) is 0. The van der Waals surface area contributed by atoms with Crippen molar-refractivity contribution in [3.8, 4) is 22.5 Å². The molecule has 6 aromatic rings. The molecule has 0 amide bonds. The minimum Gasteiger partial charge on any atom is -0.399 e. The average Bonchev–Trinajstić information content (AvgIpc) is 2.84. The van der Waals surface area contributed by atoms with Crippen molar-refractivity contribution in [1.82, 2.24) is 15.0 Å². The number of pyridine rings is 3. The largest absolute Gasteiger partial charge is 0.399 e. The second-order valence-electron chi connectivity index (χ2n) is 8.08. The van der Waals surface area contributed by atoms with Gasteiger partial charge in [0.05, 0.1) is 39.3 Å². The van der Waals surface area contributed by atoms with E-state index in [0.717, 1.165) is 55.2 Å². The highest BCUT2D eigenvalue weighted by Gasteiger charge is 2.12. The first-order valence-corrected chi connectivity index (χ1v) is 10.6. The fourth-order valence-corrected chi connectivity index (χ4v) is 4.21. The van der Waals surface area contributed by atoms with Crippen LogP contribution in [0.5, 0.6) is 0 Å². The Morgan fingerprint density at radius 1 is 0.636 bits per heavy atom. The molecule has 0 fully saturated rings. The van der Waals surface area contributed by atoms with Crippen LogP contribution in [0.3, 0.4) is 0 Å². The molecule has 6 N–H and O–H groups in total. The standard InChI is InChI=1S/C27H20N6/c28-18-6-10-22-16(12-18)5-8-23(32-22)17-13-20-24(31-14-17)11-7-19(26(20)30)25-9-4-15-2-1-3-21(29)27(15)33-25/h1-14H,28-30H2. The fraction of sp³-hybridized carbons (Fsp3) is 0. The van der Waals surface area contributed by atoms with Crippen molar-refractivity contribution in [3.05, 3.63) is 85.1 Å². The van der Waals surface area contributed by atoms with Crippen molar-refractivity contribution in [2.75, 3.05) is 17.2 Å². The predicted molar refractivity (Wildman–Crippen MR) is 136 cm³/mol. The molecular formula is C27H20N6. The number of rotatable bonds is 2. The van der Waals surface area contributed by atoms with E-state index in [9.17, 15) is 0 Å². The Morgan fingerprint density at radius 2 is 1.45 bits per heavy atom. The molecule has 0 saturated heterocycles. The summed E-state index contributed by atoms with van der Waals surface area (Å²) >= 11 is 0. The summed E-state index contributed by atoms with van der Waals surface area (Å²) in [5.74, 6) is 0. The highest BCUT2D eigenvalue weighted by atomic mass is 14.8. The van der Waals surface area contributed by atoms with Crippen LogP contribution in [-0.4, -0.2) is 15.0 Å². The third kappa shape index (κ3) is 3.16. The average molecular weight is 428 g/mol. The number of para-hydroxylation sites is 1. The Kier molecular flexibility index (Phi) is 4.13. The quantitative estimate of drug-likeness (QED) is 0.317. The van der Waals surface area contributed by atoms with Crippen LogP contribution in [0, 0.1) is 0 Å². The molecule has 3 aromatic heterocycles. The molecule has 6 nitrogen and oxygen atoms in total. The molecule has 0 unspecified atom stereocenters. The number of fused-ring (bicyclic) bond motifs is 3. The summed E-state index contributed by atoms with van der Waals surface area (Å²) in [5.41, 5.74) is 26.4. The second-order valence-corrected chi connectivity index (χ2v) is 8.08. The number of hydrogen-bond acceptors (Lipinski definition) is 6. The van der Waals surface area contributed by atoms with Gasteiger partial charge >= 0.3 is 0 Å². The van der Waals surface area contributed by atoms with Gasteiger partial charge in [0.1, 0.15) is 0 Å². The molecule has 3 heterocycles. The Morgan fingerprint density at radius 3 is 2.36 bits per heavy atom. The van der Waals surface area contributed by atoms with Crippen molar-refractivity contribution >= 4 is 49.8 Å². The molecule has 0 aliphatic rings. The first-order chi connectivity index (χ1) is 16.1. The highest BCUT2D eigenvalue weighted by Crippen LogP contribution is 2.34. The molecule has 3 aromatic carbocycles. The van der Waals surface area contributed by atoms with Gasteiger partial charge in [-0.1, -0.05) is 24.3 Å². The third-order valence-electron chi connectivity index (χ3n) is 5.94. The summed E-state index contributed by atoms with van der Waals surface area (Å²) < 4.78 is 0. The normalized spacial score (nSPS) is 11.4. The van der Waals surface area contributed by atoms with E-state index < -0.39 is 0 Å². The van der Waals surface area contributed by atoms with E-state index in [1.165, 1.54) is 0 Å². The van der Waals surface area contributed by atoms with Crippen LogP contribution in [0.2, 0.25) is 0 Å². The van der Waals surface area contributed by atoms with E-state index in [4.69, 9.17) is 27.2 Å². The summed E-state index contributed by atoms with van der Waals surface area (Å²) in [6.07, 6.45) is 1.82. The minimum absolute atomic E-state index is 0.622. The maximum atomic E-state index is 6.64. The number of benzene rings is 3. The Balaban J connectivity index is 1.50. The number of nitrogens with two attached hydrogens (primary N) is 3. The van der Waals surface area contributed by atoms with Crippen LogP contribution >= 0.6 is 0 Å². The SMILES string of the molecule is Nc1ccc2nc(-c3cnc4ccc(-c5ccc6cccc(N)c6n5)c(N)c4c3)ccc2c1. The van der Waals surface area contributed by atoms with Crippen molar-refractivity contribution in [2.45, 2.75) is 0 Å². The molecule has 6 heteroatoms. The van der Waals surface area contributed by atoms with Crippen molar-refractivity contribution < 1.29 is 0 Å². The monoisotopic (exact) mass is 428 g/mol. The fourth-order valence-electron chi connectivity index (χ4n) is 4.21. The Bertz CT molecular complexity index is 1710. The number of hydrogen-bond donors (Lipinski definition) is 3. The Labute approximate surface area is 189 Å². The van der Waals surface area contributed by atoms with E-state index in [0.29, 0.717) is 17.1 Å². The lowest BCUT2D eigenvalue weighted by atomic mass is 10.0. The van der Waals surface area contributed by atoms with Crippen molar-refractivity contribution in [2.24, 2.45) is 0 Å². The minimum atomic E-state index is 0.622. The molecule has 0 aliphatic carbocycles. The van der Waals surface area contributed by atoms with Gasteiger partial charge in [0.2, 0.25) is 0 Å². The van der Waals surface area contributed by atoms with E-state index >= 15 is 0 Å². The van der Waals surface area contributed by atoms with Gasteiger partial charge in [0.25, 0.3) is 0 Å². The van der Waals surface area contributed by atoms with Crippen LogP contribution in [0.25, 0.3) is 55.2 Å². The zero-order valence-corrected chi connectivity index (χ0v) is 17.7. The van der Waals surface area contributed by atoms with Gasteiger partial charge in [-0.15, -0.1) is 0 Å². The van der Waals surface area contributed by atoms with E-state index in [2.05, 4.69) is 4.98 Å². The van der Waals surface area contributed by atoms with Gasteiger partial charge in [-0.25, -0.2) is 9.97 Å². The molecule has 6 rings (SSSR count).